The summed E-state index contributed by atoms with van der Waals surface area (Å²) in [5, 5.41) is 0. The van der Waals surface area contributed by atoms with Crippen molar-refractivity contribution in [2.75, 3.05) is 13.1 Å². The highest BCUT2D eigenvalue weighted by Crippen LogP contribution is 2.21. The summed E-state index contributed by atoms with van der Waals surface area (Å²) in [4.78, 5) is 33.5. The summed E-state index contributed by atoms with van der Waals surface area (Å²) in [6.45, 7) is 7.48. The highest BCUT2D eigenvalue weighted by atomic mass is 16.6. The van der Waals surface area contributed by atoms with Gasteiger partial charge in [0.25, 0.3) is 5.91 Å². The maximum absolute atomic E-state index is 12.5. The van der Waals surface area contributed by atoms with Crippen LogP contribution in [0.2, 0.25) is 0 Å². The number of aromatic nitrogens is 2. The quantitative estimate of drug-likeness (QED) is 0.782. The van der Waals surface area contributed by atoms with Gasteiger partial charge in [0.15, 0.2) is 5.60 Å². The van der Waals surface area contributed by atoms with E-state index in [1.807, 2.05) is 6.92 Å². The van der Waals surface area contributed by atoms with E-state index in [2.05, 4.69) is 9.97 Å². The van der Waals surface area contributed by atoms with Crippen LogP contribution in [0.3, 0.4) is 0 Å². The van der Waals surface area contributed by atoms with E-state index in [4.69, 9.17) is 9.47 Å². The molecule has 1 aromatic heterocycles. The van der Waals surface area contributed by atoms with Gasteiger partial charge in [-0.15, -0.1) is 0 Å². The first-order valence-corrected chi connectivity index (χ1v) is 7.73. The van der Waals surface area contributed by atoms with Gasteiger partial charge in [0.1, 0.15) is 11.9 Å². The maximum atomic E-state index is 12.5. The molecule has 2 heterocycles. The molecule has 2 rings (SSSR count). The molecule has 1 amide bonds. The minimum atomic E-state index is -1.14. The molecule has 7 heteroatoms. The van der Waals surface area contributed by atoms with Crippen LogP contribution in [0.4, 0.5) is 0 Å². The van der Waals surface area contributed by atoms with Crippen molar-refractivity contribution < 1.29 is 19.1 Å². The van der Waals surface area contributed by atoms with E-state index in [1.54, 1.807) is 31.0 Å². The minimum absolute atomic E-state index is 0.0187. The zero-order chi connectivity index (χ0) is 17.0. The van der Waals surface area contributed by atoms with Crippen molar-refractivity contribution >= 4 is 11.9 Å². The molecular weight excluding hydrogens is 298 g/mol. The number of aryl methyl sites for hydroxylation is 1. The second kappa shape index (κ2) is 6.93. The average molecular weight is 321 g/mol. The van der Waals surface area contributed by atoms with Gasteiger partial charge < -0.3 is 14.4 Å². The Bertz CT molecular complexity index is 580. The van der Waals surface area contributed by atoms with Gasteiger partial charge in [-0.1, -0.05) is 0 Å². The maximum Gasteiger partial charge on any atom is 0.303 e. The first-order valence-electron chi connectivity index (χ1n) is 7.73. The molecule has 0 spiro atoms. The van der Waals surface area contributed by atoms with E-state index in [0.29, 0.717) is 37.6 Å². The number of likely N-dealkylation sites (tertiary alicyclic amines) is 1. The first kappa shape index (κ1) is 17.2. The second-order valence-corrected chi connectivity index (χ2v) is 6.16. The standard InChI is InChI=1S/C16H23N3O4/c1-11-17-8-5-14(18-11)22-13-6-9-19(10-7-13)15(21)16(3,4)23-12(2)20/h5,8,13H,6-7,9-10H2,1-4H3. The molecule has 1 aromatic rings. The van der Waals surface area contributed by atoms with Crippen molar-refractivity contribution in [2.24, 2.45) is 0 Å². The first-order chi connectivity index (χ1) is 10.8. The number of rotatable bonds is 4. The Hall–Kier alpha value is -2.18. The molecular formula is C16H23N3O4. The van der Waals surface area contributed by atoms with E-state index in [-0.39, 0.29) is 12.0 Å². The van der Waals surface area contributed by atoms with Gasteiger partial charge in [-0.2, -0.15) is 4.98 Å². The summed E-state index contributed by atoms with van der Waals surface area (Å²) >= 11 is 0. The van der Waals surface area contributed by atoms with Crippen LogP contribution in [0, 0.1) is 6.92 Å². The monoisotopic (exact) mass is 321 g/mol. The van der Waals surface area contributed by atoms with Crippen LogP contribution >= 0.6 is 0 Å². The Morgan fingerprint density at radius 1 is 1.30 bits per heavy atom. The Morgan fingerprint density at radius 2 is 1.96 bits per heavy atom. The van der Waals surface area contributed by atoms with E-state index >= 15 is 0 Å². The number of ether oxygens (including phenoxy) is 2. The van der Waals surface area contributed by atoms with Gasteiger partial charge in [0, 0.05) is 45.1 Å². The fourth-order valence-electron chi connectivity index (χ4n) is 2.63. The number of amides is 1. The van der Waals surface area contributed by atoms with E-state index in [0.717, 1.165) is 0 Å². The van der Waals surface area contributed by atoms with Gasteiger partial charge in [-0.3, -0.25) is 9.59 Å². The molecule has 23 heavy (non-hydrogen) atoms. The summed E-state index contributed by atoms with van der Waals surface area (Å²) in [5.74, 6) is 0.588. The summed E-state index contributed by atoms with van der Waals surface area (Å²) < 4.78 is 10.9. The molecule has 0 unspecified atom stereocenters. The number of hydrogen-bond acceptors (Lipinski definition) is 6. The molecule has 1 aliphatic heterocycles. The summed E-state index contributed by atoms with van der Waals surface area (Å²) in [6.07, 6.45) is 3.11. The van der Waals surface area contributed by atoms with Crippen LogP contribution in [0.15, 0.2) is 12.3 Å². The molecule has 7 nitrogen and oxygen atoms in total. The van der Waals surface area contributed by atoms with Gasteiger partial charge >= 0.3 is 5.97 Å². The van der Waals surface area contributed by atoms with Crippen LogP contribution in [0.1, 0.15) is 39.4 Å². The van der Waals surface area contributed by atoms with Gasteiger partial charge in [-0.05, 0) is 20.8 Å². The molecule has 0 radical (unpaired) electrons. The predicted octanol–water partition coefficient (Wildman–Crippen LogP) is 1.50. The number of nitrogens with zero attached hydrogens (tertiary/aromatic N) is 3. The highest BCUT2D eigenvalue weighted by molar-refractivity contribution is 5.86. The Kier molecular flexibility index (Phi) is 5.18. The molecule has 0 atom stereocenters. The molecule has 0 saturated carbocycles. The second-order valence-electron chi connectivity index (χ2n) is 6.16. The highest BCUT2D eigenvalue weighted by Gasteiger charge is 2.37. The van der Waals surface area contributed by atoms with Crippen molar-refractivity contribution in [3.05, 3.63) is 18.1 Å². The Labute approximate surface area is 136 Å². The van der Waals surface area contributed by atoms with Crippen molar-refractivity contribution in [1.29, 1.82) is 0 Å². The predicted molar refractivity (Wildman–Crippen MR) is 82.8 cm³/mol. The summed E-state index contributed by atoms with van der Waals surface area (Å²) in [7, 11) is 0. The number of carbonyl (C=O) groups excluding carboxylic acids is 2. The van der Waals surface area contributed by atoms with Crippen molar-refractivity contribution in [3.63, 3.8) is 0 Å². The SMILES string of the molecule is CC(=O)OC(C)(C)C(=O)N1CCC(Oc2ccnc(C)n2)CC1. The van der Waals surface area contributed by atoms with Crippen LogP contribution in [0.25, 0.3) is 0 Å². The fraction of sp³-hybridized carbons (Fsp3) is 0.625. The summed E-state index contributed by atoms with van der Waals surface area (Å²) in [6, 6.07) is 1.73. The lowest BCUT2D eigenvalue weighted by molar-refractivity contribution is -0.169. The normalized spacial score (nSPS) is 16.1. The van der Waals surface area contributed by atoms with Gasteiger partial charge in [0.2, 0.25) is 5.88 Å². The third kappa shape index (κ3) is 4.64. The Balaban J connectivity index is 1.88. The third-order valence-electron chi connectivity index (χ3n) is 3.68. The van der Waals surface area contributed by atoms with Crippen LogP contribution in [0.5, 0.6) is 5.88 Å². The molecule has 0 aliphatic carbocycles. The lowest BCUT2D eigenvalue weighted by Crippen LogP contribution is -2.51. The molecule has 126 valence electrons. The number of hydrogen-bond donors (Lipinski definition) is 0. The average Bonchev–Trinajstić information content (AvgIpc) is 2.46. The zero-order valence-electron chi connectivity index (χ0n) is 14.0. The van der Waals surface area contributed by atoms with E-state index < -0.39 is 11.6 Å². The molecule has 1 fully saturated rings. The largest absolute Gasteiger partial charge is 0.474 e. The molecule has 0 bridgehead atoms. The molecule has 0 aromatic carbocycles. The minimum Gasteiger partial charge on any atom is -0.474 e. The fourth-order valence-corrected chi connectivity index (χ4v) is 2.63. The lowest BCUT2D eigenvalue weighted by Gasteiger charge is -2.36. The van der Waals surface area contributed by atoms with E-state index in [1.165, 1.54) is 6.92 Å². The number of carbonyl (C=O) groups is 2. The lowest BCUT2D eigenvalue weighted by atomic mass is 10.0. The molecule has 1 aliphatic rings. The third-order valence-corrected chi connectivity index (χ3v) is 3.68. The van der Waals surface area contributed by atoms with Crippen molar-refractivity contribution in [1.82, 2.24) is 14.9 Å². The van der Waals surface area contributed by atoms with Gasteiger partial charge in [0.05, 0.1) is 0 Å². The summed E-state index contributed by atoms with van der Waals surface area (Å²) in [5.41, 5.74) is -1.14. The van der Waals surface area contributed by atoms with Crippen molar-refractivity contribution in [3.8, 4) is 5.88 Å². The van der Waals surface area contributed by atoms with Crippen molar-refractivity contribution in [2.45, 2.75) is 52.2 Å². The molecule has 0 N–H and O–H groups in total. The topological polar surface area (TPSA) is 81.6 Å². The number of esters is 1. The molecule has 1 saturated heterocycles. The van der Waals surface area contributed by atoms with E-state index in [9.17, 15) is 9.59 Å². The van der Waals surface area contributed by atoms with Crippen LogP contribution in [-0.4, -0.2) is 51.5 Å². The Morgan fingerprint density at radius 3 is 2.52 bits per heavy atom. The van der Waals surface area contributed by atoms with Crippen LogP contribution in [-0.2, 0) is 14.3 Å². The smallest absolute Gasteiger partial charge is 0.303 e. The van der Waals surface area contributed by atoms with Gasteiger partial charge in [-0.25, -0.2) is 4.98 Å². The number of piperidine rings is 1. The van der Waals surface area contributed by atoms with Crippen LogP contribution < -0.4 is 4.74 Å². The zero-order valence-corrected chi connectivity index (χ0v) is 14.0.